The van der Waals surface area contributed by atoms with Crippen molar-refractivity contribution in [2.75, 3.05) is 13.7 Å². The summed E-state index contributed by atoms with van der Waals surface area (Å²) in [5, 5.41) is 1.89. The molecule has 0 saturated carbocycles. The van der Waals surface area contributed by atoms with Crippen molar-refractivity contribution in [1.82, 2.24) is 4.31 Å². The number of fused-ring (bicyclic) bond motifs is 1. The largest absolute Gasteiger partial charge is 0.468 e. The molecule has 3 heterocycles. The van der Waals surface area contributed by atoms with E-state index in [-0.39, 0.29) is 10.8 Å². The van der Waals surface area contributed by atoms with Crippen molar-refractivity contribution in [1.29, 1.82) is 0 Å². The molecule has 124 valence electrons. The molecule has 0 saturated heterocycles. The Morgan fingerprint density at radius 1 is 1.39 bits per heavy atom. The molecule has 0 aromatic carbocycles. The van der Waals surface area contributed by atoms with Crippen LogP contribution in [-0.2, 0) is 32.4 Å². The molecule has 1 unspecified atom stereocenters. The van der Waals surface area contributed by atoms with Crippen LogP contribution >= 0.6 is 22.7 Å². The van der Waals surface area contributed by atoms with E-state index in [1.165, 1.54) is 22.8 Å². The van der Waals surface area contributed by atoms with Gasteiger partial charge in [0, 0.05) is 16.3 Å². The lowest BCUT2D eigenvalue weighted by Crippen LogP contribution is -2.43. The van der Waals surface area contributed by atoms with E-state index in [1.54, 1.807) is 17.4 Å². The van der Waals surface area contributed by atoms with Gasteiger partial charge >= 0.3 is 5.97 Å². The second kappa shape index (κ2) is 6.35. The molecular weight excluding hydrogens is 354 g/mol. The molecule has 5 nitrogen and oxygen atoms in total. The molecule has 1 aliphatic rings. The van der Waals surface area contributed by atoms with Gasteiger partial charge in [0.15, 0.2) is 0 Å². The zero-order valence-electron chi connectivity index (χ0n) is 12.8. The highest BCUT2D eigenvalue weighted by atomic mass is 32.2. The van der Waals surface area contributed by atoms with Gasteiger partial charge < -0.3 is 4.74 Å². The van der Waals surface area contributed by atoms with Crippen molar-refractivity contribution in [2.45, 2.75) is 30.0 Å². The average molecular weight is 372 g/mol. The number of thiophene rings is 2. The highest BCUT2D eigenvalue weighted by molar-refractivity contribution is 7.91. The molecule has 1 aliphatic heterocycles. The van der Waals surface area contributed by atoms with Gasteiger partial charge in [-0.1, -0.05) is 6.92 Å². The molecule has 0 spiro atoms. The lowest BCUT2D eigenvalue weighted by atomic mass is 10.0. The predicted molar refractivity (Wildman–Crippen MR) is 90.4 cm³/mol. The minimum Gasteiger partial charge on any atom is -0.468 e. The van der Waals surface area contributed by atoms with Gasteiger partial charge in [0.2, 0.25) is 0 Å². The molecule has 1 atom stereocenters. The van der Waals surface area contributed by atoms with Crippen LogP contribution in [0.5, 0.6) is 0 Å². The van der Waals surface area contributed by atoms with Gasteiger partial charge in [-0.15, -0.1) is 22.7 Å². The van der Waals surface area contributed by atoms with Gasteiger partial charge in [-0.3, -0.25) is 0 Å². The van der Waals surface area contributed by atoms with Crippen molar-refractivity contribution in [3.8, 4) is 0 Å². The van der Waals surface area contributed by atoms with E-state index in [1.807, 2.05) is 24.4 Å². The van der Waals surface area contributed by atoms with Crippen LogP contribution in [0.25, 0.3) is 0 Å². The number of nitrogens with zero attached hydrogens (tertiary/aromatic N) is 1. The van der Waals surface area contributed by atoms with E-state index in [2.05, 4.69) is 0 Å². The van der Waals surface area contributed by atoms with Crippen LogP contribution in [0.2, 0.25) is 0 Å². The van der Waals surface area contributed by atoms with Crippen molar-refractivity contribution < 1.29 is 17.9 Å². The fraction of sp³-hybridized carbons (Fsp3) is 0.400. The molecule has 8 heteroatoms. The number of esters is 1. The molecule has 0 radical (unpaired) electrons. The fourth-order valence-corrected chi connectivity index (χ4v) is 6.60. The summed E-state index contributed by atoms with van der Waals surface area (Å²) in [4.78, 5) is 14.3. The van der Waals surface area contributed by atoms with E-state index >= 15 is 0 Å². The predicted octanol–water partition coefficient (Wildman–Crippen LogP) is 2.83. The van der Waals surface area contributed by atoms with Crippen molar-refractivity contribution in [3.63, 3.8) is 0 Å². The Morgan fingerprint density at radius 2 is 2.17 bits per heavy atom. The number of carbonyl (C=O) groups excluding carboxylic acids is 1. The van der Waals surface area contributed by atoms with E-state index < -0.39 is 22.0 Å². The summed E-state index contributed by atoms with van der Waals surface area (Å²) < 4.78 is 32.4. The highest BCUT2D eigenvalue weighted by Crippen LogP contribution is 2.38. The van der Waals surface area contributed by atoms with Crippen LogP contribution in [0.4, 0.5) is 0 Å². The Hall–Kier alpha value is -1.22. The minimum absolute atomic E-state index is 0.280. The second-order valence-electron chi connectivity index (χ2n) is 5.16. The standard InChI is InChI=1S/C15H17NO4S3/c1-3-10-4-5-13(22-10)23(18,19)16-8-6-12-11(7-9-21-12)14(16)15(17)20-2/h4-5,7,9,14H,3,6,8H2,1-2H3. The molecule has 23 heavy (non-hydrogen) atoms. The summed E-state index contributed by atoms with van der Waals surface area (Å²) in [6, 6.07) is 4.36. The zero-order valence-corrected chi connectivity index (χ0v) is 15.3. The molecule has 0 bridgehead atoms. The van der Waals surface area contributed by atoms with E-state index in [9.17, 15) is 13.2 Å². The first-order chi connectivity index (χ1) is 11.0. The summed E-state index contributed by atoms with van der Waals surface area (Å²) in [5.41, 5.74) is 0.740. The van der Waals surface area contributed by atoms with Crippen LogP contribution in [0, 0.1) is 0 Å². The minimum atomic E-state index is -3.72. The van der Waals surface area contributed by atoms with Crippen LogP contribution in [-0.4, -0.2) is 32.3 Å². The van der Waals surface area contributed by atoms with Gasteiger partial charge in [0.1, 0.15) is 10.3 Å². The molecule has 0 fully saturated rings. The fourth-order valence-electron chi connectivity index (χ4n) is 2.71. The summed E-state index contributed by atoms with van der Waals surface area (Å²) in [7, 11) is -2.43. The van der Waals surface area contributed by atoms with Crippen LogP contribution in [0.15, 0.2) is 27.8 Å². The number of rotatable bonds is 4. The summed E-state index contributed by atoms with van der Waals surface area (Å²) in [6.07, 6.45) is 1.40. The van der Waals surface area contributed by atoms with Gasteiger partial charge in [-0.25, -0.2) is 13.2 Å². The Labute approximate surface area is 143 Å². The maximum Gasteiger partial charge on any atom is 0.328 e. The van der Waals surface area contributed by atoms with Crippen molar-refractivity contribution in [3.05, 3.63) is 38.9 Å². The van der Waals surface area contributed by atoms with Gasteiger partial charge in [-0.05, 0) is 42.0 Å². The Bertz CT molecular complexity index is 821. The molecule has 0 aliphatic carbocycles. The first-order valence-electron chi connectivity index (χ1n) is 7.23. The van der Waals surface area contributed by atoms with Gasteiger partial charge in [0.25, 0.3) is 10.0 Å². The summed E-state index contributed by atoms with van der Waals surface area (Å²) >= 11 is 2.81. The second-order valence-corrected chi connectivity index (χ2v) is 9.45. The number of carbonyl (C=O) groups is 1. The lowest BCUT2D eigenvalue weighted by Gasteiger charge is -2.32. The molecule has 0 amide bonds. The molecule has 2 aromatic rings. The summed E-state index contributed by atoms with van der Waals surface area (Å²) in [5.74, 6) is -0.541. The number of sulfonamides is 1. The average Bonchev–Trinajstić information content (AvgIpc) is 3.21. The number of hydrogen-bond acceptors (Lipinski definition) is 6. The number of aryl methyl sites for hydroxylation is 1. The van der Waals surface area contributed by atoms with E-state index in [4.69, 9.17) is 4.74 Å². The van der Waals surface area contributed by atoms with Crippen molar-refractivity contribution in [2.24, 2.45) is 0 Å². The number of hydrogen-bond donors (Lipinski definition) is 0. The Balaban J connectivity index is 2.05. The number of methoxy groups -OCH3 is 1. The van der Waals surface area contributed by atoms with Crippen LogP contribution in [0.3, 0.4) is 0 Å². The maximum atomic E-state index is 13.0. The molecule has 3 rings (SSSR count). The van der Waals surface area contributed by atoms with Crippen LogP contribution < -0.4 is 0 Å². The number of ether oxygens (including phenoxy) is 1. The molecule has 0 N–H and O–H groups in total. The Morgan fingerprint density at radius 3 is 2.83 bits per heavy atom. The third-order valence-electron chi connectivity index (χ3n) is 3.89. The first-order valence-corrected chi connectivity index (χ1v) is 10.4. The van der Waals surface area contributed by atoms with Crippen LogP contribution in [0.1, 0.15) is 28.3 Å². The Kier molecular flexibility index (Phi) is 4.59. The van der Waals surface area contributed by atoms with E-state index in [0.29, 0.717) is 6.42 Å². The summed E-state index contributed by atoms with van der Waals surface area (Å²) in [6.45, 7) is 2.27. The molecular formula is C15H17NO4S3. The SMILES string of the molecule is CCc1ccc(S(=O)(=O)N2CCc3sccc3C2C(=O)OC)s1. The highest BCUT2D eigenvalue weighted by Gasteiger charge is 2.42. The monoisotopic (exact) mass is 371 g/mol. The van der Waals surface area contributed by atoms with Crippen molar-refractivity contribution >= 4 is 38.7 Å². The normalized spacial score (nSPS) is 18.6. The third-order valence-corrected chi connectivity index (χ3v) is 8.45. The lowest BCUT2D eigenvalue weighted by molar-refractivity contribution is -0.145. The zero-order chi connectivity index (χ0) is 16.6. The maximum absolute atomic E-state index is 13.0. The van der Waals surface area contributed by atoms with Gasteiger partial charge in [-0.2, -0.15) is 4.31 Å². The molecule has 2 aromatic heterocycles. The third kappa shape index (κ3) is 2.84. The van der Waals surface area contributed by atoms with Gasteiger partial charge in [0.05, 0.1) is 7.11 Å². The topological polar surface area (TPSA) is 63.7 Å². The quantitative estimate of drug-likeness (QED) is 0.775. The first kappa shape index (κ1) is 16.6. The van der Waals surface area contributed by atoms with E-state index in [0.717, 1.165) is 21.7 Å². The smallest absolute Gasteiger partial charge is 0.328 e.